The van der Waals surface area contributed by atoms with Gasteiger partial charge in [-0.25, -0.2) is 0 Å². The highest BCUT2D eigenvalue weighted by atomic mass is 16.3. The summed E-state index contributed by atoms with van der Waals surface area (Å²) in [6.07, 6.45) is 4.31. The molecule has 106 valence electrons. The molecule has 2 fully saturated rings. The molecule has 6 nitrogen and oxygen atoms in total. The highest BCUT2D eigenvalue weighted by Gasteiger charge is 2.35. The Hall–Kier alpha value is -1.82. The summed E-state index contributed by atoms with van der Waals surface area (Å²) in [4.78, 5) is 6.88. The van der Waals surface area contributed by atoms with E-state index in [0.717, 1.165) is 48.6 Å². The van der Waals surface area contributed by atoms with E-state index in [1.807, 2.05) is 13.0 Å². The quantitative estimate of drug-likeness (QED) is 0.869. The SMILES string of the molecule is Cc1cc(-c2nc(N3CC4CCCNC4C3)n[nH]2)co1. The van der Waals surface area contributed by atoms with E-state index in [4.69, 9.17) is 4.42 Å². The number of nitrogens with zero attached hydrogens (tertiary/aromatic N) is 3. The molecule has 4 heterocycles. The number of hydrogen-bond donors (Lipinski definition) is 2. The summed E-state index contributed by atoms with van der Waals surface area (Å²) >= 11 is 0. The topological polar surface area (TPSA) is 70.0 Å². The molecule has 0 saturated carbocycles. The molecule has 2 unspecified atom stereocenters. The molecule has 0 amide bonds. The normalized spacial score (nSPS) is 25.9. The molecule has 0 aromatic carbocycles. The lowest BCUT2D eigenvalue weighted by Gasteiger charge is -2.24. The molecule has 6 heteroatoms. The van der Waals surface area contributed by atoms with Crippen molar-refractivity contribution in [1.29, 1.82) is 0 Å². The summed E-state index contributed by atoms with van der Waals surface area (Å²) in [5.41, 5.74) is 0.955. The van der Waals surface area contributed by atoms with Crippen LogP contribution >= 0.6 is 0 Å². The molecule has 2 aliphatic heterocycles. The molecule has 2 aliphatic rings. The second kappa shape index (κ2) is 4.63. The largest absolute Gasteiger partial charge is 0.469 e. The zero-order valence-electron chi connectivity index (χ0n) is 11.6. The van der Waals surface area contributed by atoms with Gasteiger partial charge in [0.25, 0.3) is 0 Å². The van der Waals surface area contributed by atoms with Crippen LogP contribution in [0.25, 0.3) is 11.4 Å². The van der Waals surface area contributed by atoms with Crippen molar-refractivity contribution in [3.05, 3.63) is 18.1 Å². The lowest BCUT2D eigenvalue weighted by atomic mass is 9.94. The van der Waals surface area contributed by atoms with Gasteiger partial charge in [0.15, 0.2) is 5.82 Å². The van der Waals surface area contributed by atoms with Crippen molar-refractivity contribution in [2.75, 3.05) is 24.5 Å². The van der Waals surface area contributed by atoms with Crippen LogP contribution in [0.2, 0.25) is 0 Å². The molecule has 0 bridgehead atoms. The minimum atomic E-state index is 0.599. The minimum absolute atomic E-state index is 0.599. The van der Waals surface area contributed by atoms with Crippen molar-refractivity contribution >= 4 is 5.95 Å². The van der Waals surface area contributed by atoms with Gasteiger partial charge in [-0.15, -0.1) is 5.10 Å². The van der Waals surface area contributed by atoms with Crippen LogP contribution in [0.1, 0.15) is 18.6 Å². The van der Waals surface area contributed by atoms with Gasteiger partial charge in [-0.1, -0.05) is 0 Å². The predicted octanol–water partition coefficient (Wildman–Crippen LogP) is 1.56. The van der Waals surface area contributed by atoms with E-state index in [2.05, 4.69) is 25.4 Å². The average molecular weight is 273 g/mol. The van der Waals surface area contributed by atoms with E-state index in [0.29, 0.717) is 6.04 Å². The third-order valence-corrected chi connectivity index (χ3v) is 4.36. The first kappa shape index (κ1) is 12.0. The average Bonchev–Trinajstić information content (AvgIpc) is 3.16. The van der Waals surface area contributed by atoms with Gasteiger partial charge in [0.2, 0.25) is 5.95 Å². The number of hydrogen-bond acceptors (Lipinski definition) is 5. The fourth-order valence-electron chi connectivity index (χ4n) is 3.30. The van der Waals surface area contributed by atoms with Gasteiger partial charge < -0.3 is 14.6 Å². The smallest absolute Gasteiger partial charge is 0.245 e. The molecule has 4 rings (SSSR count). The van der Waals surface area contributed by atoms with Crippen LogP contribution in [0.15, 0.2) is 16.7 Å². The molecular formula is C14H19N5O. The van der Waals surface area contributed by atoms with Crippen LogP contribution in [-0.2, 0) is 0 Å². The number of fused-ring (bicyclic) bond motifs is 1. The van der Waals surface area contributed by atoms with E-state index in [-0.39, 0.29) is 0 Å². The Morgan fingerprint density at radius 3 is 3.15 bits per heavy atom. The van der Waals surface area contributed by atoms with Crippen molar-refractivity contribution in [2.24, 2.45) is 5.92 Å². The highest BCUT2D eigenvalue weighted by molar-refractivity contribution is 5.55. The Morgan fingerprint density at radius 1 is 1.40 bits per heavy atom. The molecule has 2 aromatic rings. The maximum absolute atomic E-state index is 5.32. The summed E-state index contributed by atoms with van der Waals surface area (Å²) in [5.74, 6) is 3.20. The standard InChI is InChI=1S/C14H19N5O/c1-9-5-11(8-20-9)13-16-14(18-17-13)19-6-10-3-2-4-15-12(10)7-19/h5,8,10,12,15H,2-4,6-7H2,1H3,(H,16,17,18). The van der Waals surface area contributed by atoms with E-state index < -0.39 is 0 Å². The van der Waals surface area contributed by atoms with Gasteiger partial charge in [-0.05, 0) is 38.3 Å². The molecule has 20 heavy (non-hydrogen) atoms. The number of aromatic amines is 1. The van der Waals surface area contributed by atoms with Crippen LogP contribution in [0.3, 0.4) is 0 Å². The lowest BCUT2D eigenvalue weighted by Crippen LogP contribution is -2.40. The van der Waals surface area contributed by atoms with Crippen molar-refractivity contribution in [2.45, 2.75) is 25.8 Å². The summed E-state index contributed by atoms with van der Waals surface area (Å²) < 4.78 is 5.32. The molecule has 0 aliphatic carbocycles. The van der Waals surface area contributed by atoms with E-state index in [1.54, 1.807) is 6.26 Å². The number of aryl methyl sites for hydroxylation is 1. The summed E-state index contributed by atoms with van der Waals surface area (Å²) in [6.45, 7) is 5.13. The van der Waals surface area contributed by atoms with Crippen LogP contribution in [0.4, 0.5) is 5.95 Å². The molecular weight excluding hydrogens is 254 g/mol. The molecule has 2 saturated heterocycles. The zero-order valence-corrected chi connectivity index (χ0v) is 11.6. The number of nitrogens with one attached hydrogen (secondary N) is 2. The number of rotatable bonds is 2. The monoisotopic (exact) mass is 273 g/mol. The fraction of sp³-hybridized carbons (Fsp3) is 0.571. The van der Waals surface area contributed by atoms with Crippen molar-refractivity contribution < 1.29 is 4.42 Å². The maximum atomic E-state index is 5.32. The third kappa shape index (κ3) is 2.00. The van der Waals surface area contributed by atoms with Crippen LogP contribution < -0.4 is 10.2 Å². The molecule has 2 aromatic heterocycles. The minimum Gasteiger partial charge on any atom is -0.469 e. The first-order valence-electron chi connectivity index (χ1n) is 7.26. The van der Waals surface area contributed by atoms with Gasteiger partial charge in [-0.3, -0.25) is 5.10 Å². The first-order valence-corrected chi connectivity index (χ1v) is 7.26. The van der Waals surface area contributed by atoms with E-state index in [9.17, 15) is 0 Å². The lowest BCUT2D eigenvalue weighted by molar-refractivity contribution is 0.340. The Kier molecular flexibility index (Phi) is 2.77. The molecule has 2 N–H and O–H groups in total. The Labute approximate surface area is 117 Å². The Morgan fingerprint density at radius 2 is 2.35 bits per heavy atom. The van der Waals surface area contributed by atoms with Gasteiger partial charge in [0.1, 0.15) is 12.0 Å². The Bertz CT molecular complexity index is 590. The Balaban J connectivity index is 1.54. The van der Waals surface area contributed by atoms with Crippen LogP contribution in [-0.4, -0.2) is 40.9 Å². The summed E-state index contributed by atoms with van der Waals surface area (Å²) in [6, 6.07) is 2.57. The highest BCUT2D eigenvalue weighted by Crippen LogP contribution is 2.28. The number of anilines is 1. The van der Waals surface area contributed by atoms with Crippen molar-refractivity contribution in [3.8, 4) is 11.4 Å². The number of H-pyrrole nitrogens is 1. The number of piperidine rings is 1. The molecule has 0 radical (unpaired) electrons. The fourth-order valence-corrected chi connectivity index (χ4v) is 3.30. The zero-order chi connectivity index (χ0) is 13.5. The van der Waals surface area contributed by atoms with Crippen LogP contribution in [0, 0.1) is 12.8 Å². The second-order valence-electron chi connectivity index (χ2n) is 5.80. The summed E-state index contributed by atoms with van der Waals surface area (Å²) in [7, 11) is 0. The van der Waals surface area contributed by atoms with Crippen molar-refractivity contribution in [3.63, 3.8) is 0 Å². The molecule has 0 spiro atoms. The second-order valence-corrected chi connectivity index (χ2v) is 5.80. The number of furan rings is 1. The van der Waals surface area contributed by atoms with Gasteiger partial charge in [0, 0.05) is 19.1 Å². The van der Waals surface area contributed by atoms with Gasteiger partial charge >= 0.3 is 0 Å². The van der Waals surface area contributed by atoms with Gasteiger partial charge in [0.05, 0.1) is 5.56 Å². The first-order chi connectivity index (χ1) is 9.79. The van der Waals surface area contributed by atoms with E-state index >= 15 is 0 Å². The number of aromatic nitrogens is 3. The molecule has 2 atom stereocenters. The summed E-state index contributed by atoms with van der Waals surface area (Å²) in [5, 5.41) is 11.0. The van der Waals surface area contributed by atoms with Crippen LogP contribution in [0.5, 0.6) is 0 Å². The predicted molar refractivity (Wildman–Crippen MR) is 75.5 cm³/mol. The van der Waals surface area contributed by atoms with E-state index in [1.165, 1.54) is 12.8 Å². The third-order valence-electron chi connectivity index (χ3n) is 4.36. The van der Waals surface area contributed by atoms with Crippen molar-refractivity contribution in [1.82, 2.24) is 20.5 Å². The maximum Gasteiger partial charge on any atom is 0.245 e. The van der Waals surface area contributed by atoms with Gasteiger partial charge in [-0.2, -0.15) is 4.98 Å².